The van der Waals surface area contributed by atoms with E-state index in [4.69, 9.17) is 35.1 Å². The molecule has 0 amide bonds. The summed E-state index contributed by atoms with van der Waals surface area (Å²) in [5.74, 6) is 2.68. The van der Waals surface area contributed by atoms with E-state index in [9.17, 15) is 0 Å². The minimum Gasteiger partial charge on any atom is -0.497 e. The Hall–Kier alpha value is -5.63. The normalized spacial score (nSPS) is 11.5. The van der Waals surface area contributed by atoms with Gasteiger partial charge in [0.1, 0.15) is 17.2 Å². The highest BCUT2D eigenvalue weighted by atomic mass is 16.5. The number of ether oxygens (including phenoxy) is 2. The second-order valence-electron chi connectivity index (χ2n) is 10.9. The molecule has 0 saturated carbocycles. The van der Waals surface area contributed by atoms with Crippen LogP contribution in [0.3, 0.4) is 0 Å². The molecule has 8 nitrogen and oxygen atoms in total. The van der Waals surface area contributed by atoms with Gasteiger partial charge in [-0.2, -0.15) is 0 Å². The summed E-state index contributed by atoms with van der Waals surface area (Å²) in [5, 5.41) is 0. The second kappa shape index (κ2) is 14.9. The average molecular weight is 611 g/mol. The zero-order chi connectivity index (χ0) is 32.5. The fourth-order valence-corrected chi connectivity index (χ4v) is 4.88. The summed E-state index contributed by atoms with van der Waals surface area (Å²) in [7, 11) is 3.32. The summed E-state index contributed by atoms with van der Waals surface area (Å²) in [5.41, 5.74) is 14.2. The third kappa shape index (κ3) is 8.30. The smallest absolute Gasteiger partial charge is 0.178 e. The van der Waals surface area contributed by atoms with Crippen LogP contribution in [0, 0.1) is 6.92 Å². The van der Waals surface area contributed by atoms with Crippen LogP contribution in [0.5, 0.6) is 11.5 Å². The number of benzene rings is 2. The van der Waals surface area contributed by atoms with Crippen molar-refractivity contribution in [2.75, 3.05) is 14.2 Å². The molecule has 3 aromatic heterocycles. The number of pyridine rings is 1. The van der Waals surface area contributed by atoms with Crippen molar-refractivity contribution in [2.45, 2.75) is 33.1 Å². The molecule has 0 spiro atoms. The van der Waals surface area contributed by atoms with Crippen molar-refractivity contribution in [3.05, 3.63) is 132 Å². The van der Waals surface area contributed by atoms with Crippen LogP contribution in [0.1, 0.15) is 36.3 Å². The predicted molar refractivity (Wildman–Crippen MR) is 184 cm³/mol. The van der Waals surface area contributed by atoms with Gasteiger partial charge in [-0.05, 0) is 87.7 Å². The first-order valence-electron chi connectivity index (χ1n) is 15.1. The van der Waals surface area contributed by atoms with Crippen LogP contribution in [0.4, 0.5) is 0 Å². The summed E-state index contributed by atoms with van der Waals surface area (Å²) in [6.07, 6.45) is 7.78. The lowest BCUT2D eigenvalue weighted by Gasteiger charge is -2.11. The number of methoxy groups -OCH3 is 2. The first-order valence-corrected chi connectivity index (χ1v) is 15.1. The first-order chi connectivity index (χ1) is 22.3. The molecule has 0 atom stereocenters. The zero-order valence-electron chi connectivity index (χ0n) is 26.7. The number of aromatic nitrogens is 5. The second-order valence-corrected chi connectivity index (χ2v) is 10.9. The Balaban J connectivity index is 1.45. The molecular formula is C38H38N6O2. The Morgan fingerprint density at radius 2 is 1.35 bits per heavy atom. The van der Waals surface area contributed by atoms with E-state index in [0.717, 1.165) is 63.2 Å². The highest BCUT2D eigenvalue weighted by Crippen LogP contribution is 2.27. The maximum atomic E-state index is 5.79. The summed E-state index contributed by atoms with van der Waals surface area (Å²) in [4.78, 5) is 24.2. The van der Waals surface area contributed by atoms with Crippen molar-refractivity contribution in [3.8, 4) is 45.5 Å². The molecule has 0 aliphatic heterocycles. The van der Waals surface area contributed by atoms with Crippen LogP contribution in [0.25, 0.3) is 39.6 Å². The van der Waals surface area contributed by atoms with Crippen molar-refractivity contribution in [1.82, 2.24) is 24.9 Å². The van der Waals surface area contributed by atoms with E-state index in [-0.39, 0.29) is 0 Å². The number of aryl methyl sites for hydroxylation is 3. The van der Waals surface area contributed by atoms with Gasteiger partial charge in [-0.25, -0.2) is 24.9 Å². The van der Waals surface area contributed by atoms with E-state index in [1.54, 1.807) is 14.2 Å². The topological polar surface area (TPSA) is 109 Å². The third-order valence-electron chi connectivity index (χ3n) is 7.22. The van der Waals surface area contributed by atoms with Crippen molar-refractivity contribution >= 4 is 5.57 Å². The molecular weight excluding hydrogens is 572 g/mol. The van der Waals surface area contributed by atoms with Gasteiger partial charge in [0, 0.05) is 39.5 Å². The Morgan fingerprint density at radius 3 is 1.96 bits per heavy atom. The van der Waals surface area contributed by atoms with Gasteiger partial charge in [-0.1, -0.05) is 49.1 Å². The largest absolute Gasteiger partial charge is 0.497 e. The summed E-state index contributed by atoms with van der Waals surface area (Å²) in [6, 6.07) is 25.7. The molecule has 0 bridgehead atoms. The zero-order valence-corrected chi connectivity index (χ0v) is 26.7. The van der Waals surface area contributed by atoms with Gasteiger partial charge in [0.25, 0.3) is 0 Å². The van der Waals surface area contributed by atoms with Crippen molar-refractivity contribution in [2.24, 2.45) is 5.73 Å². The fourth-order valence-electron chi connectivity index (χ4n) is 4.88. The third-order valence-corrected chi connectivity index (χ3v) is 7.22. The van der Waals surface area contributed by atoms with E-state index in [2.05, 4.69) is 11.6 Å². The van der Waals surface area contributed by atoms with E-state index in [1.165, 1.54) is 0 Å². The predicted octanol–water partition coefficient (Wildman–Crippen LogP) is 7.60. The quantitative estimate of drug-likeness (QED) is 0.144. The highest BCUT2D eigenvalue weighted by molar-refractivity contribution is 5.70. The lowest BCUT2D eigenvalue weighted by Crippen LogP contribution is -2.03. The maximum Gasteiger partial charge on any atom is 0.178 e. The van der Waals surface area contributed by atoms with E-state index in [1.807, 2.05) is 111 Å². The molecule has 3 heterocycles. The fraction of sp³-hybridized carbons (Fsp3) is 0.184. The minimum absolute atomic E-state index is 0.560. The molecule has 0 aliphatic carbocycles. The van der Waals surface area contributed by atoms with Crippen molar-refractivity contribution in [3.63, 3.8) is 0 Å². The Bertz CT molecular complexity index is 1910. The number of nitrogens with zero attached hydrogens (tertiary/aromatic N) is 5. The highest BCUT2D eigenvalue weighted by Gasteiger charge is 2.13. The van der Waals surface area contributed by atoms with Gasteiger partial charge in [-0.15, -0.1) is 0 Å². The number of allylic oxidation sites excluding steroid dienone is 5. The van der Waals surface area contributed by atoms with Crippen LogP contribution >= 0.6 is 0 Å². The molecule has 2 N–H and O–H groups in total. The first kappa shape index (κ1) is 31.8. The van der Waals surface area contributed by atoms with Gasteiger partial charge in [0.15, 0.2) is 11.6 Å². The van der Waals surface area contributed by atoms with Crippen molar-refractivity contribution in [1.29, 1.82) is 0 Å². The Morgan fingerprint density at radius 1 is 0.739 bits per heavy atom. The molecule has 5 rings (SSSR count). The average Bonchev–Trinajstić information content (AvgIpc) is 3.08. The van der Waals surface area contributed by atoms with Gasteiger partial charge in [0.2, 0.25) is 0 Å². The molecule has 0 aliphatic rings. The number of hydrogen-bond donors (Lipinski definition) is 1. The Kier molecular flexibility index (Phi) is 10.3. The molecule has 0 fully saturated rings. The lowest BCUT2D eigenvalue weighted by atomic mass is 10.1. The molecule has 8 heteroatoms. The van der Waals surface area contributed by atoms with Crippen molar-refractivity contribution < 1.29 is 9.47 Å². The van der Waals surface area contributed by atoms with E-state index in [0.29, 0.717) is 35.8 Å². The van der Waals surface area contributed by atoms with Gasteiger partial charge in [-0.3, -0.25) is 0 Å². The molecule has 46 heavy (non-hydrogen) atoms. The van der Waals surface area contributed by atoms with Crippen LogP contribution in [0.15, 0.2) is 109 Å². The van der Waals surface area contributed by atoms with Crippen LogP contribution in [-0.4, -0.2) is 39.1 Å². The molecule has 0 saturated heterocycles. The molecule has 5 aromatic rings. The number of hydrogen-bond acceptors (Lipinski definition) is 8. The standard InChI is InChI=1S/C38H38N6O2/c1-25(11-6-12-26(2)39)37-41-30(23-35(43-37)28-14-8-18-32(21-28)45-4)16-10-17-31-24-36(29-15-9-19-33(22-29)46-5)44-38(42-31)34-20-7-13-27(3)40-34/h6-9,11-15,18-24H,1,10,16-17,39H2,2-5H3/b11-6-,26-12-. The number of rotatable bonds is 12. The van der Waals surface area contributed by atoms with Gasteiger partial charge < -0.3 is 15.2 Å². The van der Waals surface area contributed by atoms with Gasteiger partial charge in [0.05, 0.1) is 25.6 Å². The lowest BCUT2D eigenvalue weighted by molar-refractivity contribution is 0.415. The molecule has 232 valence electrons. The Labute approximate surface area is 270 Å². The van der Waals surface area contributed by atoms with Gasteiger partial charge >= 0.3 is 0 Å². The summed E-state index contributed by atoms with van der Waals surface area (Å²) >= 11 is 0. The molecule has 0 radical (unpaired) electrons. The van der Waals surface area contributed by atoms with Crippen LogP contribution < -0.4 is 15.2 Å². The number of nitrogens with two attached hydrogens (primary N) is 1. The van der Waals surface area contributed by atoms with Crippen LogP contribution in [-0.2, 0) is 12.8 Å². The van der Waals surface area contributed by atoms with E-state index < -0.39 is 0 Å². The minimum atomic E-state index is 0.560. The molecule has 2 aromatic carbocycles. The van der Waals surface area contributed by atoms with Crippen LogP contribution in [0.2, 0.25) is 0 Å². The summed E-state index contributed by atoms with van der Waals surface area (Å²) < 4.78 is 10.9. The molecule has 0 unspecified atom stereocenters. The SMILES string of the molecule is C=C(/C=C\C=C(\C)N)c1nc(CCCc2cc(-c3cccc(OC)c3)nc(-c3cccc(C)n3)n2)cc(-c2cccc(OC)c2)n1. The maximum absolute atomic E-state index is 5.79. The van der Waals surface area contributed by atoms with E-state index >= 15 is 0 Å². The summed E-state index contributed by atoms with van der Waals surface area (Å²) in [6.45, 7) is 8.02. The monoisotopic (exact) mass is 610 g/mol.